The zero-order chi connectivity index (χ0) is 11.1. The van der Waals surface area contributed by atoms with Gasteiger partial charge < -0.3 is 11.1 Å². The summed E-state index contributed by atoms with van der Waals surface area (Å²) < 4.78 is 0. The van der Waals surface area contributed by atoms with Crippen LogP contribution >= 0.6 is 11.8 Å². The molecule has 1 unspecified atom stereocenters. The van der Waals surface area contributed by atoms with Gasteiger partial charge in [-0.3, -0.25) is 4.79 Å². The first-order chi connectivity index (χ1) is 7.20. The van der Waals surface area contributed by atoms with Crippen LogP contribution in [0.25, 0.3) is 0 Å². The van der Waals surface area contributed by atoms with E-state index >= 15 is 0 Å². The minimum Gasteiger partial charge on any atom is -0.368 e. The van der Waals surface area contributed by atoms with E-state index in [-0.39, 0.29) is 11.9 Å². The lowest BCUT2D eigenvalue weighted by Crippen LogP contribution is -2.39. The molecule has 0 aliphatic carbocycles. The molecule has 0 radical (unpaired) electrons. The highest BCUT2D eigenvalue weighted by molar-refractivity contribution is 7.99. The fourth-order valence-corrected chi connectivity index (χ4v) is 1.87. The van der Waals surface area contributed by atoms with Gasteiger partial charge in [-0.2, -0.15) is 0 Å². The van der Waals surface area contributed by atoms with Crippen LogP contribution in [-0.4, -0.2) is 24.2 Å². The molecule has 0 saturated heterocycles. The number of amides is 1. The number of nitrogens with one attached hydrogen (secondary N) is 1. The van der Waals surface area contributed by atoms with Gasteiger partial charge in [0, 0.05) is 17.2 Å². The third-order valence-electron chi connectivity index (χ3n) is 1.99. The van der Waals surface area contributed by atoms with Crippen LogP contribution in [0.3, 0.4) is 0 Å². The van der Waals surface area contributed by atoms with Crippen molar-refractivity contribution >= 4 is 17.7 Å². The molecule has 0 aromatic heterocycles. The molecular weight excluding hydrogens is 208 g/mol. The second kappa shape index (κ2) is 6.48. The SMILES string of the molecule is CC(NCCSc1ccccc1)C(N)=O. The van der Waals surface area contributed by atoms with E-state index in [2.05, 4.69) is 17.4 Å². The fraction of sp³-hybridized carbons (Fsp3) is 0.364. The van der Waals surface area contributed by atoms with Crippen molar-refractivity contribution in [3.05, 3.63) is 30.3 Å². The molecule has 1 aromatic rings. The number of thioether (sulfide) groups is 1. The van der Waals surface area contributed by atoms with Crippen LogP contribution in [-0.2, 0) is 4.79 Å². The van der Waals surface area contributed by atoms with E-state index in [1.54, 1.807) is 18.7 Å². The summed E-state index contributed by atoms with van der Waals surface area (Å²) in [5, 5.41) is 3.06. The van der Waals surface area contributed by atoms with Crippen LogP contribution in [0.5, 0.6) is 0 Å². The summed E-state index contributed by atoms with van der Waals surface area (Å²) in [7, 11) is 0. The van der Waals surface area contributed by atoms with Crippen molar-refractivity contribution < 1.29 is 4.79 Å². The molecule has 0 aliphatic rings. The Balaban J connectivity index is 2.15. The van der Waals surface area contributed by atoms with Crippen molar-refractivity contribution in [1.82, 2.24) is 5.32 Å². The molecule has 1 aromatic carbocycles. The minimum absolute atomic E-state index is 0.249. The van der Waals surface area contributed by atoms with Crippen LogP contribution in [0.1, 0.15) is 6.92 Å². The molecule has 82 valence electrons. The maximum Gasteiger partial charge on any atom is 0.234 e. The van der Waals surface area contributed by atoms with Crippen LogP contribution < -0.4 is 11.1 Å². The van der Waals surface area contributed by atoms with Crippen molar-refractivity contribution in [1.29, 1.82) is 0 Å². The first-order valence-corrected chi connectivity index (χ1v) is 5.89. The molecule has 0 saturated carbocycles. The van der Waals surface area contributed by atoms with Crippen LogP contribution in [0, 0.1) is 0 Å². The van der Waals surface area contributed by atoms with Gasteiger partial charge in [0.1, 0.15) is 0 Å². The van der Waals surface area contributed by atoms with E-state index in [0.29, 0.717) is 0 Å². The lowest BCUT2D eigenvalue weighted by molar-refractivity contribution is -0.119. The number of hydrogen-bond acceptors (Lipinski definition) is 3. The van der Waals surface area contributed by atoms with Crippen molar-refractivity contribution in [2.24, 2.45) is 5.73 Å². The largest absolute Gasteiger partial charge is 0.368 e. The molecular formula is C11H16N2OS. The highest BCUT2D eigenvalue weighted by atomic mass is 32.2. The van der Waals surface area contributed by atoms with Crippen LogP contribution in [0.4, 0.5) is 0 Å². The summed E-state index contributed by atoms with van der Waals surface area (Å²) >= 11 is 1.76. The molecule has 15 heavy (non-hydrogen) atoms. The van der Waals surface area contributed by atoms with Gasteiger partial charge in [0.2, 0.25) is 5.91 Å². The molecule has 0 heterocycles. The number of carbonyl (C=O) groups excluding carboxylic acids is 1. The molecule has 0 bridgehead atoms. The van der Waals surface area contributed by atoms with Crippen molar-refractivity contribution in [2.75, 3.05) is 12.3 Å². The standard InChI is InChI=1S/C11H16N2OS/c1-9(11(12)14)13-7-8-15-10-5-3-2-4-6-10/h2-6,9,13H,7-8H2,1H3,(H2,12,14). The number of nitrogens with two attached hydrogens (primary N) is 1. The van der Waals surface area contributed by atoms with Gasteiger partial charge in [-0.05, 0) is 19.1 Å². The smallest absolute Gasteiger partial charge is 0.234 e. The number of hydrogen-bond donors (Lipinski definition) is 2. The van der Waals surface area contributed by atoms with Crippen molar-refractivity contribution in [3.8, 4) is 0 Å². The highest BCUT2D eigenvalue weighted by Crippen LogP contribution is 2.15. The molecule has 4 heteroatoms. The highest BCUT2D eigenvalue weighted by Gasteiger charge is 2.05. The Bertz CT molecular complexity index is 303. The van der Waals surface area contributed by atoms with Gasteiger partial charge in [-0.1, -0.05) is 18.2 Å². The number of carbonyl (C=O) groups is 1. The third kappa shape index (κ3) is 4.85. The van der Waals surface area contributed by atoms with E-state index < -0.39 is 0 Å². The molecule has 3 N–H and O–H groups in total. The molecule has 1 atom stereocenters. The first kappa shape index (κ1) is 12.1. The number of benzene rings is 1. The average molecular weight is 224 g/mol. The van der Waals surface area contributed by atoms with E-state index in [9.17, 15) is 4.79 Å². The number of rotatable bonds is 6. The molecule has 3 nitrogen and oxygen atoms in total. The van der Waals surface area contributed by atoms with Gasteiger partial charge in [-0.15, -0.1) is 11.8 Å². The molecule has 1 amide bonds. The lowest BCUT2D eigenvalue weighted by atomic mass is 10.3. The monoisotopic (exact) mass is 224 g/mol. The van der Waals surface area contributed by atoms with Gasteiger partial charge >= 0.3 is 0 Å². The Labute approximate surface area is 94.4 Å². The van der Waals surface area contributed by atoms with Gasteiger partial charge in [0.25, 0.3) is 0 Å². The molecule has 0 spiro atoms. The van der Waals surface area contributed by atoms with Gasteiger partial charge in [-0.25, -0.2) is 0 Å². The first-order valence-electron chi connectivity index (χ1n) is 4.90. The van der Waals surface area contributed by atoms with E-state index in [0.717, 1.165) is 12.3 Å². The van der Waals surface area contributed by atoms with Crippen LogP contribution in [0.15, 0.2) is 35.2 Å². The summed E-state index contributed by atoms with van der Waals surface area (Å²) in [4.78, 5) is 12.0. The predicted octanol–water partition coefficient (Wildman–Crippen LogP) is 1.24. The minimum atomic E-state index is -0.306. The summed E-state index contributed by atoms with van der Waals surface area (Å²) in [6.45, 7) is 2.55. The fourth-order valence-electron chi connectivity index (χ4n) is 1.06. The summed E-state index contributed by atoms with van der Waals surface area (Å²) in [5.74, 6) is 0.626. The van der Waals surface area contributed by atoms with Crippen molar-refractivity contribution in [2.45, 2.75) is 17.9 Å². The zero-order valence-corrected chi connectivity index (χ0v) is 9.59. The third-order valence-corrected chi connectivity index (χ3v) is 3.01. The maximum absolute atomic E-state index is 10.7. The normalized spacial score (nSPS) is 12.3. The van der Waals surface area contributed by atoms with Gasteiger partial charge in [0.15, 0.2) is 0 Å². The average Bonchev–Trinajstić information content (AvgIpc) is 2.25. The van der Waals surface area contributed by atoms with Crippen molar-refractivity contribution in [3.63, 3.8) is 0 Å². The predicted molar refractivity (Wildman–Crippen MR) is 63.8 cm³/mol. The quantitative estimate of drug-likeness (QED) is 0.564. The van der Waals surface area contributed by atoms with Gasteiger partial charge in [0.05, 0.1) is 6.04 Å². The van der Waals surface area contributed by atoms with Crippen LogP contribution in [0.2, 0.25) is 0 Å². The summed E-state index contributed by atoms with van der Waals surface area (Å²) in [6, 6.07) is 9.92. The van der Waals surface area contributed by atoms with E-state index in [1.807, 2.05) is 18.2 Å². The lowest BCUT2D eigenvalue weighted by Gasteiger charge is -2.09. The molecule has 1 rings (SSSR count). The molecule has 0 fully saturated rings. The topological polar surface area (TPSA) is 55.1 Å². The Kier molecular flexibility index (Phi) is 5.21. The molecule has 0 aliphatic heterocycles. The second-order valence-corrected chi connectivity index (χ2v) is 4.41. The maximum atomic E-state index is 10.7. The van der Waals surface area contributed by atoms with E-state index in [4.69, 9.17) is 5.73 Å². The van der Waals surface area contributed by atoms with E-state index in [1.165, 1.54) is 4.90 Å². The summed E-state index contributed by atoms with van der Waals surface area (Å²) in [6.07, 6.45) is 0. The zero-order valence-electron chi connectivity index (χ0n) is 8.77. The second-order valence-electron chi connectivity index (χ2n) is 3.24. The Morgan fingerprint density at radius 2 is 2.13 bits per heavy atom. The summed E-state index contributed by atoms with van der Waals surface area (Å²) in [5.41, 5.74) is 5.12. The Morgan fingerprint density at radius 3 is 2.73 bits per heavy atom. The Hall–Kier alpha value is -1.00. The Morgan fingerprint density at radius 1 is 1.47 bits per heavy atom. The number of primary amides is 1.